The van der Waals surface area contributed by atoms with E-state index in [1.54, 1.807) is 0 Å². The molecule has 17 nitrogen and oxygen atoms in total. The Morgan fingerprint density at radius 3 is 0.850 bits per heavy atom. The highest BCUT2D eigenvalue weighted by atomic mass is 31.2. The molecule has 0 radical (unpaired) electrons. The fraction of sp³-hybridized carbons (Fsp3) is 0.934. The van der Waals surface area contributed by atoms with Gasteiger partial charge in [0, 0.05) is 25.7 Å². The fourth-order valence-corrected chi connectivity index (χ4v) is 10.6. The first kappa shape index (κ1) is 78.1. The number of aliphatic hydroxyl groups is 1. The zero-order chi connectivity index (χ0) is 59.4. The summed E-state index contributed by atoms with van der Waals surface area (Å²) in [5.74, 6) is -0.647. The van der Waals surface area contributed by atoms with E-state index in [9.17, 15) is 43.2 Å². The van der Waals surface area contributed by atoms with E-state index in [4.69, 9.17) is 37.0 Å². The van der Waals surface area contributed by atoms with Gasteiger partial charge in [-0.2, -0.15) is 0 Å². The summed E-state index contributed by atoms with van der Waals surface area (Å²) in [4.78, 5) is 71.7. The molecular formula is C61H118O17P2. The topological polar surface area (TPSA) is 237 Å². The van der Waals surface area contributed by atoms with Crippen LogP contribution in [0.15, 0.2) is 0 Å². The number of carbonyl (C=O) groups is 4. The third-order valence-electron chi connectivity index (χ3n) is 14.0. The largest absolute Gasteiger partial charge is 0.472 e. The molecule has 19 heteroatoms. The third-order valence-corrected chi connectivity index (χ3v) is 15.9. The van der Waals surface area contributed by atoms with Crippen molar-refractivity contribution in [2.45, 2.75) is 317 Å². The lowest BCUT2D eigenvalue weighted by Gasteiger charge is -2.21. The van der Waals surface area contributed by atoms with Crippen LogP contribution < -0.4 is 0 Å². The van der Waals surface area contributed by atoms with Crippen molar-refractivity contribution in [2.24, 2.45) is 11.8 Å². The van der Waals surface area contributed by atoms with Crippen molar-refractivity contribution in [3.63, 3.8) is 0 Å². The number of hydrogen-bond acceptors (Lipinski definition) is 15. The zero-order valence-electron chi connectivity index (χ0n) is 51.4. The summed E-state index contributed by atoms with van der Waals surface area (Å²) in [6, 6.07) is 0. The normalized spacial score (nSPS) is 14.4. The van der Waals surface area contributed by atoms with Crippen molar-refractivity contribution in [3.05, 3.63) is 0 Å². The van der Waals surface area contributed by atoms with Crippen molar-refractivity contribution < 1.29 is 80.2 Å². The molecule has 2 unspecified atom stereocenters. The van der Waals surface area contributed by atoms with Crippen LogP contribution in [0, 0.1) is 11.8 Å². The standard InChI is InChI=1S/C61H118O17P2/c1-7-9-11-13-24-33-39-45-60(65)77-56(49-71-58(63)43-37-29-12-10-8-2)51-75-79(67,68)73-47-55(62)48-74-80(69,70)76-52-57(50-72-59(64)44-38-32-28-23-26-31-36-42-54(5)6)78-61(66)46-40-34-27-22-20-18-16-14-15-17-19-21-25-30-35-41-53(3)4/h53-57,62H,7-52H2,1-6H3,(H,67,68)(H,69,70)/t55-,56+,57+/m0/s1. The summed E-state index contributed by atoms with van der Waals surface area (Å²) in [5.41, 5.74) is 0. The molecule has 0 bridgehead atoms. The van der Waals surface area contributed by atoms with Crippen LogP contribution in [0.5, 0.6) is 0 Å². The maximum Gasteiger partial charge on any atom is 0.472 e. The Bertz CT molecular complexity index is 1580. The van der Waals surface area contributed by atoms with Gasteiger partial charge in [-0.25, -0.2) is 9.13 Å². The SMILES string of the molecule is CCCCCCCCCC(=O)O[C@H](COC(=O)CCCCCCC)COP(=O)(O)OC[C@H](O)COP(=O)(O)OC[C@@H](COC(=O)CCCCCCCCCC(C)C)OC(=O)CCCCCCCCCCCCCCCCCC(C)C. The lowest BCUT2D eigenvalue weighted by molar-refractivity contribution is -0.161. The summed E-state index contributed by atoms with van der Waals surface area (Å²) >= 11 is 0. The minimum absolute atomic E-state index is 0.102. The predicted octanol–water partition coefficient (Wildman–Crippen LogP) is 16.5. The first-order valence-corrected chi connectivity index (χ1v) is 35.0. The van der Waals surface area contributed by atoms with E-state index < -0.39 is 97.5 Å². The molecule has 0 aromatic rings. The van der Waals surface area contributed by atoms with E-state index in [0.717, 1.165) is 121 Å². The Labute approximate surface area is 486 Å². The molecule has 3 N–H and O–H groups in total. The van der Waals surface area contributed by atoms with Gasteiger partial charge in [0.15, 0.2) is 12.2 Å². The predicted molar refractivity (Wildman–Crippen MR) is 317 cm³/mol. The molecule has 0 rings (SSSR count). The minimum atomic E-state index is -4.94. The number of aliphatic hydroxyl groups excluding tert-OH is 1. The van der Waals surface area contributed by atoms with Gasteiger partial charge < -0.3 is 33.8 Å². The van der Waals surface area contributed by atoms with Crippen molar-refractivity contribution >= 4 is 39.5 Å². The van der Waals surface area contributed by atoms with Crippen LogP contribution in [0.25, 0.3) is 0 Å². The van der Waals surface area contributed by atoms with Gasteiger partial charge >= 0.3 is 39.5 Å². The second kappa shape index (κ2) is 53.8. The molecule has 0 fully saturated rings. The number of hydrogen-bond donors (Lipinski definition) is 3. The van der Waals surface area contributed by atoms with E-state index >= 15 is 0 Å². The van der Waals surface area contributed by atoms with Gasteiger partial charge in [-0.3, -0.25) is 37.3 Å². The first-order chi connectivity index (χ1) is 38.4. The number of ether oxygens (including phenoxy) is 4. The summed E-state index contributed by atoms with van der Waals surface area (Å²) in [5, 5.41) is 10.5. The van der Waals surface area contributed by atoms with Gasteiger partial charge in [0.2, 0.25) is 0 Å². The summed E-state index contributed by atoms with van der Waals surface area (Å²) in [6.45, 7) is 9.31. The molecule has 0 aliphatic rings. The van der Waals surface area contributed by atoms with Gasteiger partial charge in [0.1, 0.15) is 19.3 Å². The molecule has 0 spiro atoms. The summed E-state index contributed by atoms with van der Waals surface area (Å²) in [7, 11) is -9.87. The van der Waals surface area contributed by atoms with Gasteiger partial charge in [-0.05, 0) is 37.5 Å². The molecule has 0 aliphatic heterocycles. The van der Waals surface area contributed by atoms with E-state index in [2.05, 4.69) is 41.5 Å². The number of phosphoric acid groups is 2. The average molecular weight is 1190 g/mol. The highest BCUT2D eigenvalue weighted by Gasteiger charge is 2.30. The number of phosphoric ester groups is 2. The van der Waals surface area contributed by atoms with Crippen molar-refractivity contribution in [1.82, 2.24) is 0 Å². The van der Waals surface area contributed by atoms with Crippen molar-refractivity contribution in [1.29, 1.82) is 0 Å². The molecule has 0 aliphatic carbocycles. The number of carbonyl (C=O) groups excluding carboxylic acids is 4. The smallest absolute Gasteiger partial charge is 0.462 e. The maximum atomic E-state index is 12.9. The van der Waals surface area contributed by atoms with Gasteiger partial charge in [0.25, 0.3) is 0 Å². The Morgan fingerprint density at radius 2 is 0.575 bits per heavy atom. The maximum absolute atomic E-state index is 12.9. The molecular weight excluding hydrogens is 1070 g/mol. The van der Waals surface area contributed by atoms with E-state index in [0.29, 0.717) is 31.6 Å². The molecule has 474 valence electrons. The second-order valence-corrected chi connectivity index (χ2v) is 25.9. The first-order valence-electron chi connectivity index (χ1n) is 32.0. The molecule has 80 heavy (non-hydrogen) atoms. The Kier molecular flexibility index (Phi) is 52.5. The van der Waals surface area contributed by atoms with Crippen LogP contribution >= 0.6 is 15.6 Å². The molecule has 0 aromatic heterocycles. The van der Waals surface area contributed by atoms with Gasteiger partial charge in [-0.1, -0.05) is 247 Å². The van der Waals surface area contributed by atoms with Crippen LogP contribution in [0.1, 0.15) is 298 Å². The quantitative estimate of drug-likeness (QED) is 0.0222. The molecule has 5 atom stereocenters. The van der Waals surface area contributed by atoms with Crippen LogP contribution in [0.4, 0.5) is 0 Å². The van der Waals surface area contributed by atoms with E-state index in [1.165, 1.54) is 89.9 Å². The highest BCUT2D eigenvalue weighted by Crippen LogP contribution is 2.45. The van der Waals surface area contributed by atoms with Crippen LogP contribution in [0.2, 0.25) is 0 Å². The molecule has 0 amide bonds. The Morgan fingerprint density at radius 1 is 0.338 bits per heavy atom. The fourth-order valence-electron chi connectivity index (χ4n) is 9.00. The highest BCUT2D eigenvalue weighted by molar-refractivity contribution is 7.47. The number of rotatable bonds is 60. The lowest BCUT2D eigenvalue weighted by atomic mass is 10.0. The monoisotopic (exact) mass is 1180 g/mol. The van der Waals surface area contributed by atoms with Crippen LogP contribution in [-0.2, 0) is 65.4 Å². The zero-order valence-corrected chi connectivity index (χ0v) is 53.2. The van der Waals surface area contributed by atoms with Crippen molar-refractivity contribution in [2.75, 3.05) is 39.6 Å². The second-order valence-electron chi connectivity index (χ2n) is 23.0. The molecule has 0 heterocycles. The molecule has 0 saturated carbocycles. The van der Waals surface area contributed by atoms with E-state index in [1.807, 2.05) is 0 Å². The Balaban J connectivity index is 5.11. The van der Waals surface area contributed by atoms with E-state index in [-0.39, 0.29) is 25.7 Å². The summed E-state index contributed by atoms with van der Waals surface area (Å²) in [6.07, 6.45) is 35.5. The van der Waals surface area contributed by atoms with Crippen LogP contribution in [0.3, 0.4) is 0 Å². The molecule has 0 saturated heterocycles. The number of esters is 4. The minimum Gasteiger partial charge on any atom is -0.462 e. The Hall–Kier alpha value is -1.94. The average Bonchev–Trinajstić information content (AvgIpc) is 3.41. The van der Waals surface area contributed by atoms with Gasteiger partial charge in [0.05, 0.1) is 26.4 Å². The lowest BCUT2D eigenvalue weighted by Crippen LogP contribution is -2.30. The number of unbranched alkanes of at least 4 members (excludes halogenated alkanes) is 30. The van der Waals surface area contributed by atoms with Crippen LogP contribution in [-0.4, -0.2) is 96.7 Å². The van der Waals surface area contributed by atoms with Gasteiger partial charge in [-0.15, -0.1) is 0 Å². The van der Waals surface area contributed by atoms with Crippen molar-refractivity contribution in [3.8, 4) is 0 Å². The summed E-state index contributed by atoms with van der Waals surface area (Å²) < 4.78 is 67.5. The molecule has 0 aromatic carbocycles. The third kappa shape index (κ3) is 55.3.